The number of amides is 1. The van der Waals surface area contributed by atoms with Crippen LogP contribution in [0.3, 0.4) is 0 Å². The lowest BCUT2D eigenvalue weighted by molar-refractivity contribution is -0.132. The van der Waals surface area contributed by atoms with Gasteiger partial charge in [0, 0.05) is 27.2 Å². The molecule has 1 aliphatic heterocycles. The van der Waals surface area contributed by atoms with E-state index in [2.05, 4.69) is 5.32 Å². The molecular weight excluding hydrogens is 299 g/mol. The molecule has 6 heteroatoms. The molecule has 1 heterocycles. The highest BCUT2D eigenvalue weighted by Gasteiger charge is 2.31. The van der Waals surface area contributed by atoms with Crippen molar-refractivity contribution < 1.29 is 9.53 Å². The summed E-state index contributed by atoms with van der Waals surface area (Å²) in [7, 11) is 3.45. The number of hydrogen-bond acceptors (Lipinski definition) is 3. The largest absolute Gasteiger partial charge is 0.380 e. The quantitative estimate of drug-likeness (QED) is 0.927. The van der Waals surface area contributed by atoms with Gasteiger partial charge in [0.2, 0.25) is 5.91 Å². The molecule has 2 rings (SSSR count). The first-order chi connectivity index (χ1) is 9.51. The highest BCUT2D eigenvalue weighted by atomic mass is 35.5. The number of nitrogens with zero attached hydrogens (tertiary/aromatic N) is 1. The average Bonchev–Trinajstić information content (AvgIpc) is 2.91. The Bertz CT molecular complexity index is 496. The standard InChI is InChI=1S/C14H18Cl2N2O2/c1-18(8-9-3-4-11(15)12(16)5-9)14(19)13-6-10(20-2)7-17-13/h3-5,10,13,17H,6-8H2,1-2H3. The van der Waals surface area contributed by atoms with Gasteiger partial charge in [0.25, 0.3) is 0 Å². The summed E-state index contributed by atoms with van der Waals surface area (Å²) >= 11 is 11.9. The molecule has 2 atom stereocenters. The van der Waals surface area contributed by atoms with Crippen LogP contribution in [-0.4, -0.2) is 43.7 Å². The molecule has 0 radical (unpaired) electrons. The number of nitrogens with one attached hydrogen (secondary N) is 1. The van der Waals surface area contributed by atoms with Gasteiger partial charge in [0.05, 0.1) is 22.2 Å². The van der Waals surface area contributed by atoms with Gasteiger partial charge < -0.3 is 15.0 Å². The fourth-order valence-corrected chi connectivity index (χ4v) is 2.65. The predicted octanol–water partition coefficient (Wildman–Crippen LogP) is 2.33. The van der Waals surface area contributed by atoms with Gasteiger partial charge in [-0.1, -0.05) is 29.3 Å². The second-order valence-corrected chi connectivity index (χ2v) is 5.81. The molecule has 0 spiro atoms. The van der Waals surface area contributed by atoms with E-state index in [1.54, 1.807) is 31.2 Å². The maximum atomic E-state index is 12.3. The van der Waals surface area contributed by atoms with E-state index in [1.165, 1.54) is 0 Å². The van der Waals surface area contributed by atoms with Crippen molar-refractivity contribution in [3.05, 3.63) is 33.8 Å². The number of carbonyl (C=O) groups excluding carboxylic acids is 1. The van der Waals surface area contributed by atoms with Gasteiger partial charge in [-0.3, -0.25) is 4.79 Å². The van der Waals surface area contributed by atoms with Gasteiger partial charge in [-0.25, -0.2) is 0 Å². The van der Waals surface area contributed by atoms with Gasteiger partial charge in [0.1, 0.15) is 0 Å². The van der Waals surface area contributed by atoms with E-state index < -0.39 is 0 Å². The fraction of sp³-hybridized carbons (Fsp3) is 0.500. The van der Waals surface area contributed by atoms with Crippen molar-refractivity contribution in [3.63, 3.8) is 0 Å². The molecule has 20 heavy (non-hydrogen) atoms. The summed E-state index contributed by atoms with van der Waals surface area (Å²) in [6.07, 6.45) is 0.823. The lowest BCUT2D eigenvalue weighted by Gasteiger charge is -2.21. The van der Waals surface area contributed by atoms with Gasteiger partial charge in [-0.05, 0) is 24.1 Å². The third-order valence-electron chi connectivity index (χ3n) is 3.50. The number of hydrogen-bond donors (Lipinski definition) is 1. The molecule has 2 unspecified atom stereocenters. The molecule has 1 N–H and O–H groups in total. The highest BCUT2D eigenvalue weighted by Crippen LogP contribution is 2.23. The maximum absolute atomic E-state index is 12.3. The van der Waals surface area contributed by atoms with Crippen LogP contribution in [0.2, 0.25) is 10.0 Å². The van der Waals surface area contributed by atoms with Crippen molar-refractivity contribution in [2.45, 2.75) is 25.1 Å². The minimum atomic E-state index is -0.173. The summed E-state index contributed by atoms with van der Waals surface area (Å²) < 4.78 is 5.25. The second kappa shape index (κ2) is 6.76. The number of methoxy groups -OCH3 is 1. The Morgan fingerprint density at radius 1 is 1.45 bits per heavy atom. The summed E-state index contributed by atoms with van der Waals surface area (Å²) in [5.74, 6) is 0.0654. The zero-order chi connectivity index (χ0) is 14.7. The first kappa shape index (κ1) is 15.6. The first-order valence-electron chi connectivity index (χ1n) is 6.46. The van der Waals surface area contributed by atoms with E-state index in [0.29, 0.717) is 29.6 Å². The Labute approximate surface area is 129 Å². The van der Waals surface area contributed by atoms with E-state index in [9.17, 15) is 4.79 Å². The lowest BCUT2D eigenvalue weighted by Crippen LogP contribution is -2.41. The van der Waals surface area contributed by atoms with Crippen molar-refractivity contribution in [2.75, 3.05) is 20.7 Å². The van der Waals surface area contributed by atoms with Crippen molar-refractivity contribution in [1.29, 1.82) is 0 Å². The SMILES string of the molecule is COC1CNC(C(=O)N(C)Cc2ccc(Cl)c(Cl)c2)C1. The van der Waals surface area contributed by atoms with Crippen LogP contribution in [0.15, 0.2) is 18.2 Å². The van der Waals surface area contributed by atoms with Crippen LogP contribution >= 0.6 is 23.2 Å². The Kier molecular flexibility index (Phi) is 5.27. The zero-order valence-corrected chi connectivity index (χ0v) is 13.0. The molecule has 4 nitrogen and oxygen atoms in total. The molecule has 1 aromatic rings. The molecule has 110 valence electrons. The topological polar surface area (TPSA) is 41.6 Å². The van der Waals surface area contributed by atoms with E-state index in [1.807, 2.05) is 6.07 Å². The van der Waals surface area contributed by atoms with Crippen LogP contribution in [0.25, 0.3) is 0 Å². The molecule has 0 bridgehead atoms. The lowest BCUT2D eigenvalue weighted by atomic mass is 10.1. The van der Waals surface area contributed by atoms with Crippen LogP contribution in [0.1, 0.15) is 12.0 Å². The van der Waals surface area contributed by atoms with Crippen LogP contribution in [0.5, 0.6) is 0 Å². The van der Waals surface area contributed by atoms with Crippen molar-refractivity contribution in [2.24, 2.45) is 0 Å². The number of rotatable bonds is 4. The van der Waals surface area contributed by atoms with Crippen LogP contribution in [0.4, 0.5) is 0 Å². The molecule has 1 aromatic carbocycles. The molecule has 1 amide bonds. The molecule has 1 fully saturated rings. The number of likely N-dealkylation sites (N-methyl/N-ethyl adjacent to an activating group) is 1. The van der Waals surface area contributed by atoms with Crippen molar-refractivity contribution >= 4 is 29.1 Å². The highest BCUT2D eigenvalue weighted by molar-refractivity contribution is 6.42. The Balaban J connectivity index is 1.95. The smallest absolute Gasteiger partial charge is 0.239 e. The number of ether oxygens (including phenoxy) is 1. The summed E-state index contributed by atoms with van der Waals surface area (Å²) in [6.45, 7) is 1.22. The fourth-order valence-electron chi connectivity index (χ4n) is 2.33. The van der Waals surface area contributed by atoms with E-state index >= 15 is 0 Å². The van der Waals surface area contributed by atoms with Crippen LogP contribution in [-0.2, 0) is 16.1 Å². The summed E-state index contributed by atoms with van der Waals surface area (Å²) in [6, 6.07) is 5.23. The Morgan fingerprint density at radius 2 is 2.20 bits per heavy atom. The van der Waals surface area contributed by atoms with Gasteiger partial charge in [-0.15, -0.1) is 0 Å². The maximum Gasteiger partial charge on any atom is 0.239 e. The van der Waals surface area contributed by atoms with Crippen molar-refractivity contribution in [3.8, 4) is 0 Å². The minimum Gasteiger partial charge on any atom is -0.380 e. The normalized spacial score (nSPS) is 22.0. The summed E-state index contributed by atoms with van der Waals surface area (Å²) in [4.78, 5) is 14.0. The third-order valence-corrected chi connectivity index (χ3v) is 4.24. The summed E-state index contributed by atoms with van der Waals surface area (Å²) in [5.41, 5.74) is 0.955. The van der Waals surface area contributed by atoms with Gasteiger partial charge >= 0.3 is 0 Å². The van der Waals surface area contributed by atoms with Crippen molar-refractivity contribution in [1.82, 2.24) is 10.2 Å². The first-order valence-corrected chi connectivity index (χ1v) is 7.22. The molecular formula is C14H18Cl2N2O2. The van der Waals surface area contributed by atoms with Gasteiger partial charge in [0.15, 0.2) is 0 Å². The third kappa shape index (κ3) is 3.64. The van der Waals surface area contributed by atoms with E-state index in [4.69, 9.17) is 27.9 Å². The Hall–Kier alpha value is -0.810. The van der Waals surface area contributed by atoms with E-state index in [0.717, 1.165) is 5.56 Å². The molecule has 0 aromatic heterocycles. The zero-order valence-electron chi connectivity index (χ0n) is 11.5. The van der Waals surface area contributed by atoms with Crippen LogP contribution < -0.4 is 5.32 Å². The minimum absolute atomic E-state index is 0.0654. The van der Waals surface area contributed by atoms with Gasteiger partial charge in [-0.2, -0.15) is 0 Å². The van der Waals surface area contributed by atoms with E-state index in [-0.39, 0.29) is 18.1 Å². The second-order valence-electron chi connectivity index (χ2n) is 5.00. The molecule has 1 aliphatic rings. The predicted molar refractivity (Wildman–Crippen MR) is 80.1 cm³/mol. The molecule has 1 saturated heterocycles. The molecule has 0 saturated carbocycles. The number of halogens is 2. The number of carbonyl (C=O) groups is 1. The Morgan fingerprint density at radius 3 is 2.80 bits per heavy atom. The molecule has 0 aliphatic carbocycles. The van der Waals surface area contributed by atoms with Crippen LogP contribution in [0, 0.1) is 0 Å². The summed E-state index contributed by atoms with van der Waals surface area (Å²) in [5, 5.41) is 4.20. The monoisotopic (exact) mass is 316 g/mol. The number of benzene rings is 1. The average molecular weight is 317 g/mol.